The number of nitrogens with zero attached hydrogens (tertiary/aromatic N) is 1. The zero-order chi connectivity index (χ0) is 12.3. The SMILES string of the molecule is CC1=CCC(C(=O)c2ccc(C#N)cc2)C=C1. The molecule has 1 aliphatic carbocycles. The third-order valence-corrected chi connectivity index (χ3v) is 2.92. The molecule has 0 bridgehead atoms. The second-order valence-corrected chi connectivity index (χ2v) is 4.20. The van der Waals surface area contributed by atoms with Crippen LogP contribution in [0.15, 0.2) is 48.1 Å². The van der Waals surface area contributed by atoms with Crippen molar-refractivity contribution in [3.8, 4) is 6.07 Å². The number of carbonyl (C=O) groups is 1. The van der Waals surface area contributed by atoms with Crippen molar-refractivity contribution < 1.29 is 4.79 Å². The van der Waals surface area contributed by atoms with Crippen molar-refractivity contribution in [2.75, 3.05) is 0 Å². The molecule has 17 heavy (non-hydrogen) atoms. The lowest BCUT2D eigenvalue weighted by Gasteiger charge is -2.13. The first kappa shape index (κ1) is 11.3. The molecule has 1 unspecified atom stereocenters. The lowest BCUT2D eigenvalue weighted by atomic mass is 9.90. The average Bonchev–Trinajstić information content (AvgIpc) is 2.39. The molecule has 2 rings (SSSR count). The Kier molecular flexibility index (Phi) is 3.20. The summed E-state index contributed by atoms with van der Waals surface area (Å²) < 4.78 is 0. The largest absolute Gasteiger partial charge is 0.294 e. The Labute approximate surface area is 101 Å². The fourth-order valence-electron chi connectivity index (χ4n) is 1.84. The van der Waals surface area contributed by atoms with Crippen molar-refractivity contribution in [2.24, 2.45) is 5.92 Å². The normalized spacial score (nSPS) is 18.4. The van der Waals surface area contributed by atoms with Gasteiger partial charge in [0, 0.05) is 11.5 Å². The van der Waals surface area contributed by atoms with Crippen LogP contribution >= 0.6 is 0 Å². The first-order valence-electron chi connectivity index (χ1n) is 5.60. The number of hydrogen-bond donors (Lipinski definition) is 0. The van der Waals surface area contributed by atoms with Crippen LogP contribution in [-0.4, -0.2) is 5.78 Å². The van der Waals surface area contributed by atoms with Crippen LogP contribution in [0.1, 0.15) is 29.3 Å². The van der Waals surface area contributed by atoms with E-state index in [0.29, 0.717) is 11.1 Å². The molecule has 0 saturated carbocycles. The van der Waals surface area contributed by atoms with Crippen molar-refractivity contribution in [3.63, 3.8) is 0 Å². The number of rotatable bonds is 2. The van der Waals surface area contributed by atoms with Crippen molar-refractivity contribution >= 4 is 5.78 Å². The van der Waals surface area contributed by atoms with E-state index in [0.717, 1.165) is 6.42 Å². The highest BCUT2D eigenvalue weighted by molar-refractivity contribution is 5.99. The predicted octanol–water partition coefficient (Wildman–Crippen LogP) is 3.26. The molecule has 0 spiro atoms. The molecular weight excluding hydrogens is 210 g/mol. The maximum Gasteiger partial charge on any atom is 0.170 e. The lowest BCUT2D eigenvalue weighted by molar-refractivity contribution is 0.0945. The molecule has 2 nitrogen and oxygen atoms in total. The van der Waals surface area contributed by atoms with Crippen LogP contribution in [0.3, 0.4) is 0 Å². The summed E-state index contributed by atoms with van der Waals surface area (Å²) in [5, 5.41) is 8.69. The lowest BCUT2D eigenvalue weighted by Crippen LogP contribution is -2.13. The van der Waals surface area contributed by atoms with Gasteiger partial charge in [-0.2, -0.15) is 5.26 Å². The molecule has 0 saturated heterocycles. The van der Waals surface area contributed by atoms with E-state index in [1.54, 1.807) is 24.3 Å². The standard InChI is InChI=1S/C15H13NO/c1-11-2-6-13(7-3-11)15(17)14-8-4-12(10-16)5-9-14/h2-6,8-9,13H,7H2,1H3. The molecule has 1 aromatic carbocycles. The molecule has 0 amide bonds. The highest BCUT2D eigenvalue weighted by Crippen LogP contribution is 2.20. The summed E-state index contributed by atoms with van der Waals surface area (Å²) in [6.45, 7) is 2.03. The Bertz CT molecular complexity index is 529. The molecular formula is C15H13NO. The second kappa shape index (κ2) is 4.80. The summed E-state index contributed by atoms with van der Waals surface area (Å²) in [6.07, 6.45) is 6.78. The molecule has 0 heterocycles. The third-order valence-electron chi connectivity index (χ3n) is 2.92. The molecule has 0 N–H and O–H groups in total. The van der Waals surface area contributed by atoms with Gasteiger partial charge in [0.15, 0.2) is 5.78 Å². The fourth-order valence-corrected chi connectivity index (χ4v) is 1.84. The molecule has 1 aromatic rings. The number of ketones is 1. The Hall–Kier alpha value is -2.14. The van der Waals surface area contributed by atoms with E-state index in [1.165, 1.54) is 5.57 Å². The van der Waals surface area contributed by atoms with Gasteiger partial charge in [-0.05, 0) is 25.5 Å². The van der Waals surface area contributed by atoms with Gasteiger partial charge in [-0.1, -0.05) is 35.9 Å². The van der Waals surface area contributed by atoms with Crippen molar-refractivity contribution in [2.45, 2.75) is 13.3 Å². The topological polar surface area (TPSA) is 40.9 Å². The van der Waals surface area contributed by atoms with Gasteiger partial charge in [0.05, 0.1) is 11.6 Å². The predicted molar refractivity (Wildman–Crippen MR) is 66.5 cm³/mol. The van der Waals surface area contributed by atoms with Gasteiger partial charge in [0.25, 0.3) is 0 Å². The summed E-state index contributed by atoms with van der Waals surface area (Å²) in [5.74, 6) is 0.0566. The van der Waals surface area contributed by atoms with E-state index in [2.05, 4.69) is 6.08 Å². The zero-order valence-corrected chi connectivity index (χ0v) is 9.68. The highest BCUT2D eigenvalue weighted by atomic mass is 16.1. The number of carbonyl (C=O) groups excluding carboxylic acids is 1. The van der Waals surface area contributed by atoms with Crippen molar-refractivity contribution in [1.29, 1.82) is 5.26 Å². The van der Waals surface area contributed by atoms with Crippen LogP contribution in [0.2, 0.25) is 0 Å². The van der Waals surface area contributed by atoms with Crippen LogP contribution in [0.5, 0.6) is 0 Å². The Balaban J connectivity index is 2.15. The average molecular weight is 223 g/mol. The molecule has 1 atom stereocenters. The van der Waals surface area contributed by atoms with Gasteiger partial charge in [0.1, 0.15) is 0 Å². The van der Waals surface area contributed by atoms with Crippen LogP contribution in [0, 0.1) is 17.2 Å². The van der Waals surface area contributed by atoms with Crippen LogP contribution < -0.4 is 0 Å². The summed E-state index contributed by atoms with van der Waals surface area (Å²) >= 11 is 0. The number of Topliss-reactive ketones (excluding diaryl/α,β-unsaturated/α-hetero) is 1. The van der Waals surface area contributed by atoms with E-state index >= 15 is 0 Å². The third kappa shape index (κ3) is 2.51. The monoisotopic (exact) mass is 223 g/mol. The Morgan fingerprint density at radius 3 is 2.59 bits per heavy atom. The molecule has 0 aliphatic heterocycles. The number of hydrogen-bond acceptors (Lipinski definition) is 2. The maximum absolute atomic E-state index is 12.1. The van der Waals surface area contributed by atoms with Gasteiger partial charge >= 0.3 is 0 Å². The second-order valence-electron chi connectivity index (χ2n) is 4.20. The minimum Gasteiger partial charge on any atom is -0.294 e. The van der Waals surface area contributed by atoms with E-state index in [9.17, 15) is 4.79 Å². The summed E-state index contributed by atoms with van der Waals surface area (Å²) in [5.41, 5.74) is 2.46. The number of nitriles is 1. The van der Waals surface area contributed by atoms with Gasteiger partial charge in [-0.3, -0.25) is 4.79 Å². The number of allylic oxidation sites excluding steroid dienone is 4. The first-order chi connectivity index (χ1) is 8.20. The van der Waals surface area contributed by atoms with Gasteiger partial charge < -0.3 is 0 Å². The van der Waals surface area contributed by atoms with Gasteiger partial charge in [-0.15, -0.1) is 0 Å². The zero-order valence-electron chi connectivity index (χ0n) is 9.68. The molecule has 0 radical (unpaired) electrons. The minimum absolute atomic E-state index is 0.0633. The smallest absolute Gasteiger partial charge is 0.170 e. The van der Waals surface area contributed by atoms with E-state index in [4.69, 9.17) is 5.26 Å². The molecule has 0 aromatic heterocycles. The summed E-state index contributed by atoms with van der Waals surface area (Å²) in [4.78, 5) is 12.1. The molecule has 1 aliphatic rings. The highest BCUT2D eigenvalue weighted by Gasteiger charge is 2.17. The number of benzene rings is 1. The van der Waals surface area contributed by atoms with Gasteiger partial charge in [-0.25, -0.2) is 0 Å². The molecule has 0 fully saturated rings. The van der Waals surface area contributed by atoms with Crippen LogP contribution in [-0.2, 0) is 0 Å². The van der Waals surface area contributed by atoms with E-state index in [1.807, 2.05) is 25.1 Å². The molecule has 84 valence electrons. The summed E-state index contributed by atoms with van der Waals surface area (Å²) in [6, 6.07) is 8.85. The first-order valence-corrected chi connectivity index (χ1v) is 5.60. The van der Waals surface area contributed by atoms with Crippen LogP contribution in [0.4, 0.5) is 0 Å². The quantitative estimate of drug-likeness (QED) is 0.722. The summed E-state index contributed by atoms with van der Waals surface area (Å²) in [7, 11) is 0. The Morgan fingerprint density at radius 2 is 2.06 bits per heavy atom. The maximum atomic E-state index is 12.1. The van der Waals surface area contributed by atoms with E-state index in [-0.39, 0.29) is 11.7 Å². The van der Waals surface area contributed by atoms with E-state index < -0.39 is 0 Å². The van der Waals surface area contributed by atoms with Crippen molar-refractivity contribution in [1.82, 2.24) is 0 Å². The fraction of sp³-hybridized carbons (Fsp3) is 0.200. The Morgan fingerprint density at radius 1 is 1.35 bits per heavy atom. The van der Waals surface area contributed by atoms with Crippen molar-refractivity contribution in [3.05, 3.63) is 59.2 Å². The van der Waals surface area contributed by atoms with Crippen LogP contribution in [0.25, 0.3) is 0 Å². The minimum atomic E-state index is -0.0633. The van der Waals surface area contributed by atoms with Gasteiger partial charge in [0.2, 0.25) is 0 Å². The molecule has 2 heteroatoms.